The fraction of sp³-hybridized carbons (Fsp3) is 0.438. The average molecular weight is 367 g/mol. The number of amides is 1. The average Bonchev–Trinajstić information content (AvgIpc) is 2.95. The molecule has 1 heterocycles. The van der Waals surface area contributed by atoms with Gasteiger partial charge in [0.2, 0.25) is 5.13 Å². The molecule has 1 aromatic heterocycles. The molecule has 0 saturated carbocycles. The highest BCUT2D eigenvalue weighted by Gasteiger charge is 2.15. The third kappa shape index (κ3) is 5.10. The number of carbonyl (C=O) groups is 1. The number of benzene rings is 1. The zero-order chi connectivity index (χ0) is 17.7. The molecule has 24 heavy (non-hydrogen) atoms. The molecule has 0 atom stereocenters. The Bertz CT molecular complexity index is 811. The molecule has 0 aliphatic rings. The molecule has 0 fully saturated rings. The lowest BCUT2D eigenvalue weighted by Crippen LogP contribution is -2.12. The Morgan fingerprint density at radius 3 is 2.58 bits per heavy atom. The summed E-state index contributed by atoms with van der Waals surface area (Å²) in [6.45, 7) is 4.20. The van der Waals surface area contributed by atoms with Crippen LogP contribution < -0.4 is 5.32 Å². The molecule has 8 heteroatoms. The highest BCUT2D eigenvalue weighted by Crippen LogP contribution is 2.28. The number of aromatic nitrogens is 2. The van der Waals surface area contributed by atoms with Gasteiger partial charge in [-0.15, -0.1) is 10.2 Å². The molecule has 0 unspecified atom stereocenters. The Hall–Kier alpha value is -1.80. The van der Waals surface area contributed by atoms with E-state index in [1.165, 1.54) is 17.6 Å². The molecule has 1 aromatic carbocycles. The Morgan fingerprint density at radius 1 is 1.25 bits per heavy atom. The number of carbonyl (C=O) groups excluding carboxylic acids is 1. The molecular weight excluding hydrogens is 346 g/mol. The normalized spacial score (nSPS) is 11.7. The summed E-state index contributed by atoms with van der Waals surface area (Å²) in [6, 6.07) is 6.59. The van der Waals surface area contributed by atoms with Crippen molar-refractivity contribution in [2.45, 2.75) is 38.4 Å². The number of hydrogen-bond donors (Lipinski definition) is 1. The van der Waals surface area contributed by atoms with Crippen LogP contribution in [0.2, 0.25) is 0 Å². The van der Waals surface area contributed by atoms with Gasteiger partial charge in [-0.25, -0.2) is 8.42 Å². The highest BCUT2D eigenvalue weighted by molar-refractivity contribution is 7.89. The van der Waals surface area contributed by atoms with Crippen molar-refractivity contribution >= 4 is 32.2 Å². The van der Waals surface area contributed by atoms with Gasteiger partial charge in [0.25, 0.3) is 5.91 Å². The van der Waals surface area contributed by atoms with Crippen molar-refractivity contribution in [2.75, 3.05) is 11.6 Å². The summed E-state index contributed by atoms with van der Waals surface area (Å²) in [6.07, 6.45) is 3.12. The van der Waals surface area contributed by atoms with Gasteiger partial charge in [0.1, 0.15) is 5.01 Å². The Morgan fingerprint density at radius 2 is 1.96 bits per heavy atom. The maximum atomic E-state index is 12.3. The number of nitrogens with zero attached hydrogens (tertiary/aromatic N) is 2. The van der Waals surface area contributed by atoms with Gasteiger partial charge in [-0.05, 0) is 30.5 Å². The molecule has 0 bridgehead atoms. The van der Waals surface area contributed by atoms with E-state index in [9.17, 15) is 13.2 Å². The number of anilines is 1. The predicted molar refractivity (Wildman–Crippen MR) is 96.2 cm³/mol. The van der Waals surface area contributed by atoms with E-state index in [1.807, 2.05) is 0 Å². The molecule has 130 valence electrons. The lowest BCUT2D eigenvalue weighted by atomic mass is 10.1. The SMILES string of the molecule is CCC(CC)c1nnc(NC(=O)c2cccc(CS(C)(=O)=O)c2)s1. The molecule has 0 aliphatic heterocycles. The van der Waals surface area contributed by atoms with Crippen molar-refractivity contribution in [3.05, 3.63) is 40.4 Å². The van der Waals surface area contributed by atoms with E-state index in [4.69, 9.17) is 0 Å². The van der Waals surface area contributed by atoms with Gasteiger partial charge in [-0.1, -0.05) is 37.3 Å². The fourth-order valence-electron chi connectivity index (χ4n) is 2.36. The Balaban J connectivity index is 2.11. The molecule has 0 radical (unpaired) electrons. The van der Waals surface area contributed by atoms with Crippen LogP contribution in [0.5, 0.6) is 0 Å². The van der Waals surface area contributed by atoms with E-state index in [2.05, 4.69) is 29.4 Å². The molecule has 0 saturated heterocycles. The number of nitrogens with one attached hydrogen (secondary N) is 1. The lowest BCUT2D eigenvalue weighted by molar-refractivity contribution is 0.102. The van der Waals surface area contributed by atoms with E-state index in [0.29, 0.717) is 22.2 Å². The molecule has 2 aromatic rings. The highest BCUT2D eigenvalue weighted by atomic mass is 32.2. The van der Waals surface area contributed by atoms with Crippen molar-refractivity contribution in [1.29, 1.82) is 0 Å². The van der Waals surface area contributed by atoms with Gasteiger partial charge in [-0.3, -0.25) is 10.1 Å². The summed E-state index contributed by atoms with van der Waals surface area (Å²) in [7, 11) is -3.14. The van der Waals surface area contributed by atoms with Crippen molar-refractivity contribution < 1.29 is 13.2 Å². The smallest absolute Gasteiger partial charge is 0.257 e. The minimum Gasteiger partial charge on any atom is -0.296 e. The van der Waals surface area contributed by atoms with E-state index in [-0.39, 0.29) is 11.7 Å². The molecule has 1 N–H and O–H groups in total. The van der Waals surface area contributed by atoms with Crippen molar-refractivity contribution in [2.24, 2.45) is 0 Å². The molecule has 1 amide bonds. The molecule has 2 rings (SSSR count). The predicted octanol–water partition coefficient (Wildman–Crippen LogP) is 3.24. The van der Waals surface area contributed by atoms with Crippen LogP contribution in [0.1, 0.15) is 53.5 Å². The van der Waals surface area contributed by atoms with Gasteiger partial charge in [0.15, 0.2) is 9.84 Å². The largest absolute Gasteiger partial charge is 0.296 e. The summed E-state index contributed by atoms with van der Waals surface area (Å²) in [4.78, 5) is 12.3. The number of sulfone groups is 1. The van der Waals surface area contributed by atoms with Crippen molar-refractivity contribution in [1.82, 2.24) is 10.2 Å². The fourth-order valence-corrected chi connectivity index (χ4v) is 4.15. The van der Waals surface area contributed by atoms with Crippen LogP contribution in [0.3, 0.4) is 0 Å². The van der Waals surface area contributed by atoms with E-state index < -0.39 is 9.84 Å². The van der Waals surface area contributed by atoms with E-state index in [0.717, 1.165) is 17.8 Å². The first kappa shape index (κ1) is 18.5. The zero-order valence-corrected chi connectivity index (χ0v) is 15.6. The van der Waals surface area contributed by atoms with Gasteiger partial charge in [-0.2, -0.15) is 0 Å². The molecule has 0 spiro atoms. The maximum absolute atomic E-state index is 12.3. The van der Waals surface area contributed by atoms with Crippen LogP contribution in [-0.2, 0) is 15.6 Å². The van der Waals surface area contributed by atoms with Crippen molar-refractivity contribution in [3.8, 4) is 0 Å². The lowest BCUT2D eigenvalue weighted by Gasteiger charge is -2.06. The summed E-state index contributed by atoms with van der Waals surface area (Å²) in [5, 5.41) is 12.3. The summed E-state index contributed by atoms with van der Waals surface area (Å²) < 4.78 is 22.8. The third-order valence-corrected chi connectivity index (χ3v) is 5.47. The number of rotatable bonds is 7. The van der Waals surface area contributed by atoms with Crippen LogP contribution in [0.15, 0.2) is 24.3 Å². The van der Waals surface area contributed by atoms with Crippen LogP contribution in [0.4, 0.5) is 5.13 Å². The van der Waals surface area contributed by atoms with Gasteiger partial charge >= 0.3 is 0 Å². The van der Waals surface area contributed by atoms with Crippen LogP contribution in [-0.4, -0.2) is 30.8 Å². The Labute approximate surface area is 146 Å². The van der Waals surface area contributed by atoms with Gasteiger partial charge < -0.3 is 0 Å². The molecule has 6 nitrogen and oxygen atoms in total. The zero-order valence-electron chi connectivity index (χ0n) is 13.9. The topological polar surface area (TPSA) is 89.0 Å². The van der Waals surface area contributed by atoms with E-state index >= 15 is 0 Å². The summed E-state index contributed by atoms with van der Waals surface area (Å²) in [5.41, 5.74) is 0.982. The second-order valence-electron chi connectivity index (χ2n) is 5.68. The minimum atomic E-state index is -3.14. The monoisotopic (exact) mass is 367 g/mol. The van der Waals surface area contributed by atoms with Crippen LogP contribution in [0.25, 0.3) is 0 Å². The standard InChI is InChI=1S/C16H21N3O3S2/c1-4-12(5-2)15-18-19-16(23-15)17-14(20)13-8-6-7-11(9-13)10-24(3,21)22/h6-9,12H,4-5,10H2,1-3H3,(H,17,19,20). The number of hydrogen-bond acceptors (Lipinski definition) is 6. The maximum Gasteiger partial charge on any atom is 0.257 e. The van der Waals surface area contributed by atoms with Gasteiger partial charge in [0.05, 0.1) is 5.75 Å². The van der Waals surface area contributed by atoms with Crippen LogP contribution >= 0.6 is 11.3 Å². The minimum absolute atomic E-state index is 0.0915. The first-order chi connectivity index (χ1) is 11.3. The summed E-state index contributed by atoms with van der Waals surface area (Å²) in [5.74, 6) is -0.0602. The summed E-state index contributed by atoms with van der Waals surface area (Å²) >= 11 is 1.38. The first-order valence-corrected chi connectivity index (χ1v) is 10.6. The Kier molecular flexibility index (Phi) is 6.06. The van der Waals surface area contributed by atoms with Crippen molar-refractivity contribution in [3.63, 3.8) is 0 Å². The third-order valence-electron chi connectivity index (χ3n) is 3.61. The van der Waals surface area contributed by atoms with E-state index in [1.54, 1.807) is 24.3 Å². The second-order valence-corrected chi connectivity index (χ2v) is 8.83. The first-order valence-electron chi connectivity index (χ1n) is 7.73. The molecular formula is C16H21N3O3S2. The molecule has 0 aliphatic carbocycles. The van der Waals surface area contributed by atoms with Gasteiger partial charge in [0, 0.05) is 17.7 Å². The van der Waals surface area contributed by atoms with Crippen LogP contribution in [0, 0.1) is 0 Å². The quantitative estimate of drug-likeness (QED) is 0.811. The second kappa shape index (κ2) is 7.85.